The first kappa shape index (κ1) is 13.0. The Kier molecular flexibility index (Phi) is 3.03. The number of halogens is 1. The van der Waals surface area contributed by atoms with Crippen molar-refractivity contribution in [2.45, 2.75) is 37.0 Å². The summed E-state index contributed by atoms with van der Waals surface area (Å²) in [6.07, 6.45) is 3.83. The van der Waals surface area contributed by atoms with Crippen LogP contribution in [-0.4, -0.2) is 23.4 Å². The molecule has 2 fully saturated rings. The number of rotatable bonds is 3. The zero-order chi connectivity index (χ0) is 14.3. The standard InChI is InChI=1S/C16H17FN2O2/c17-13-5-3-12(4-6-13)16(7-9-20-10-8-16)15-19-18-14(21-15)11-1-2-11/h3-6,11H,1-2,7-10H2. The van der Waals surface area contributed by atoms with Crippen molar-refractivity contribution in [2.24, 2.45) is 0 Å². The van der Waals surface area contributed by atoms with Gasteiger partial charge in [0, 0.05) is 19.1 Å². The Morgan fingerprint density at radius 3 is 2.43 bits per heavy atom. The molecular formula is C16H17FN2O2. The first-order valence-corrected chi connectivity index (χ1v) is 7.46. The number of hydrogen-bond donors (Lipinski definition) is 0. The van der Waals surface area contributed by atoms with E-state index in [9.17, 15) is 4.39 Å². The molecule has 0 spiro atoms. The van der Waals surface area contributed by atoms with E-state index in [1.54, 1.807) is 0 Å². The van der Waals surface area contributed by atoms with Crippen LogP contribution in [0.5, 0.6) is 0 Å². The summed E-state index contributed by atoms with van der Waals surface area (Å²) in [5.41, 5.74) is 0.685. The maximum Gasteiger partial charge on any atom is 0.227 e. The summed E-state index contributed by atoms with van der Waals surface area (Å²) in [6.45, 7) is 1.30. The summed E-state index contributed by atoms with van der Waals surface area (Å²) in [4.78, 5) is 0. The zero-order valence-electron chi connectivity index (χ0n) is 11.7. The van der Waals surface area contributed by atoms with Gasteiger partial charge in [-0.05, 0) is 43.4 Å². The largest absolute Gasteiger partial charge is 0.424 e. The van der Waals surface area contributed by atoms with Crippen molar-refractivity contribution in [2.75, 3.05) is 13.2 Å². The Morgan fingerprint density at radius 1 is 1.05 bits per heavy atom. The molecule has 5 heteroatoms. The van der Waals surface area contributed by atoms with E-state index in [0.717, 1.165) is 37.1 Å². The highest BCUT2D eigenvalue weighted by molar-refractivity contribution is 5.33. The van der Waals surface area contributed by atoms with Crippen LogP contribution in [0.3, 0.4) is 0 Å². The van der Waals surface area contributed by atoms with Crippen molar-refractivity contribution in [1.29, 1.82) is 0 Å². The van der Waals surface area contributed by atoms with Crippen molar-refractivity contribution >= 4 is 0 Å². The molecule has 1 aliphatic heterocycles. The molecule has 0 bridgehead atoms. The summed E-state index contributed by atoms with van der Waals surface area (Å²) in [6, 6.07) is 6.62. The topological polar surface area (TPSA) is 48.2 Å². The van der Waals surface area contributed by atoms with Gasteiger partial charge in [-0.15, -0.1) is 10.2 Å². The van der Waals surface area contributed by atoms with Crippen LogP contribution in [0.2, 0.25) is 0 Å². The molecule has 2 aromatic rings. The fourth-order valence-electron chi connectivity index (χ4n) is 3.04. The Balaban J connectivity index is 1.76. The summed E-state index contributed by atoms with van der Waals surface area (Å²) >= 11 is 0. The van der Waals surface area contributed by atoms with Gasteiger partial charge in [-0.2, -0.15) is 0 Å². The van der Waals surface area contributed by atoms with Gasteiger partial charge in [0.15, 0.2) is 0 Å². The zero-order valence-corrected chi connectivity index (χ0v) is 11.7. The molecule has 21 heavy (non-hydrogen) atoms. The second-order valence-corrected chi connectivity index (χ2v) is 5.92. The van der Waals surface area contributed by atoms with E-state index in [1.807, 2.05) is 12.1 Å². The van der Waals surface area contributed by atoms with Crippen molar-refractivity contribution in [3.63, 3.8) is 0 Å². The molecule has 2 heterocycles. The lowest BCUT2D eigenvalue weighted by atomic mass is 9.74. The van der Waals surface area contributed by atoms with Gasteiger partial charge < -0.3 is 9.15 Å². The molecular weight excluding hydrogens is 271 g/mol. The number of ether oxygens (including phenoxy) is 1. The van der Waals surface area contributed by atoms with Crippen LogP contribution in [-0.2, 0) is 10.2 Å². The Hall–Kier alpha value is -1.75. The molecule has 4 rings (SSSR count). The molecule has 1 aliphatic carbocycles. The summed E-state index contributed by atoms with van der Waals surface area (Å²) < 4.78 is 24.7. The van der Waals surface area contributed by atoms with E-state index in [4.69, 9.17) is 9.15 Å². The molecule has 110 valence electrons. The fraction of sp³-hybridized carbons (Fsp3) is 0.500. The smallest absolute Gasteiger partial charge is 0.227 e. The van der Waals surface area contributed by atoms with E-state index in [2.05, 4.69) is 10.2 Å². The average Bonchev–Trinajstić information content (AvgIpc) is 3.26. The van der Waals surface area contributed by atoms with Gasteiger partial charge in [-0.3, -0.25) is 0 Å². The molecule has 1 aromatic heterocycles. The lowest BCUT2D eigenvalue weighted by molar-refractivity contribution is 0.0540. The van der Waals surface area contributed by atoms with Crippen molar-refractivity contribution in [3.8, 4) is 0 Å². The van der Waals surface area contributed by atoms with E-state index >= 15 is 0 Å². The number of aromatic nitrogens is 2. The number of nitrogens with zero attached hydrogens (tertiary/aromatic N) is 2. The summed E-state index contributed by atoms with van der Waals surface area (Å²) in [7, 11) is 0. The first-order valence-electron chi connectivity index (χ1n) is 7.46. The predicted molar refractivity (Wildman–Crippen MR) is 73.5 cm³/mol. The van der Waals surface area contributed by atoms with Crippen LogP contribution < -0.4 is 0 Å². The van der Waals surface area contributed by atoms with Gasteiger partial charge in [0.2, 0.25) is 11.8 Å². The maximum absolute atomic E-state index is 13.2. The quantitative estimate of drug-likeness (QED) is 0.870. The Morgan fingerprint density at radius 2 is 1.76 bits per heavy atom. The molecule has 4 nitrogen and oxygen atoms in total. The van der Waals surface area contributed by atoms with E-state index in [-0.39, 0.29) is 11.2 Å². The van der Waals surface area contributed by atoms with E-state index in [0.29, 0.717) is 25.0 Å². The van der Waals surface area contributed by atoms with Crippen LogP contribution in [0, 0.1) is 5.82 Å². The third kappa shape index (κ3) is 2.25. The fourth-order valence-corrected chi connectivity index (χ4v) is 3.04. The average molecular weight is 288 g/mol. The maximum atomic E-state index is 13.2. The van der Waals surface area contributed by atoms with Crippen LogP contribution in [0.15, 0.2) is 28.7 Å². The van der Waals surface area contributed by atoms with Gasteiger partial charge in [0.1, 0.15) is 5.82 Å². The highest BCUT2D eigenvalue weighted by atomic mass is 19.1. The number of hydrogen-bond acceptors (Lipinski definition) is 4. The van der Waals surface area contributed by atoms with Crippen molar-refractivity contribution < 1.29 is 13.5 Å². The molecule has 2 aliphatic rings. The SMILES string of the molecule is Fc1ccc(C2(c3nnc(C4CC4)o3)CCOCC2)cc1. The van der Waals surface area contributed by atoms with Gasteiger partial charge in [-0.1, -0.05) is 12.1 Å². The Labute approximate surface area is 122 Å². The highest BCUT2D eigenvalue weighted by Gasteiger charge is 2.42. The van der Waals surface area contributed by atoms with Gasteiger partial charge in [0.25, 0.3) is 0 Å². The van der Waals surface area contributed by atoms with Crippen molar-refractivity contribution in [1.82, 2.24) is 10.2 Å². The lowest BCUT2D eigenvalue weighted by Gasteiger charge is -2.34. The molecule has 0 amide bonds. The third-order valence-corrected chi connectivity index (χ3v) is 4.52. The molecule has 0 N–H and O–H groups in total. The molecule has 1 saturated heterocycles. The monoisotopic (exact) mass is 288 g/mol. The molecule has 0 atom stereocenters. The van der Waals surface area contributed by atoms with Gasteiger partial charge in [-0.25, -0.2) is 4.39 Å². The molecule has 0 unspecified atom stereocenters. The lowest BCUT2D eigenvalue weighted by Crippen LogP contribution is -2.35. The highest BCUT2D eigenvalue weighted by Crippen LogP contribution is 2.44. The van der Waals surface area contributed by atoms with E-state index in [1.165, 1.54) is 12.1 Å². The summed E-state index contributed by atoms with van der Waals surface area (Å²) in [5.74, 6) is 1.61. The predicted octanol–water partition coefficient (Wildman–Crippen LogP) is 3.18. The van der Waals surface area contributed by atoms with Crippen LogP contribution >= 0.6 is 0 Å². The summed E-state index contributed by atoms with van der Waals surface area (Å²) in [5, 5.41) is 8.52. The van der Waals surface area contributed by atoms with Crippen LogP contribution in [0.1, 0.15) is 48.9 Å². The second-order valence-electron chi connectivity index (χ2n) is 5.92. The minimum Gasteiger partial charge on any atom is -0.424 e. The van der Waals surface area contributed by atoms with Crippen molar-refractivity contribution in [3.05, 3.63) is 47.4 Å². The molecule has 0 radical (unpaired) electrons. The minimum absolute atomic E-state index is 0.231. The Bertz CT molecular complexity index is 628. The van der Waals surface area contributed by atoms with Crippen LogP contribution in [0.4, 0.5) is 4.39 Å². The third-order valence-electron chi connectivity index (χ3n) is 4.52. The molecule has 1 saturated carbocycles. The van der Waals surface area contributed by atoms with Gasteiger partial charge in [0.05, 0.1) is 5.41 Å². The van der Waals surface area contributed by atoms with Crippen LogP contribution in [0.25, 0.3) is 0 Å². The normalized spacial score (nSPS) is 21.4. The van der Waals surface area contributed by atoms with Gasteiger partial charge >= 0.3 is 0 Å². The molecule has 1 aromatic carbocycles. The first-order chi connectivity index (χ1) is 10.3. The van der Waals surface area contributed by atoms with E-state index < -0.39 is 0 Å². The number of benzene rings is 1. The minimum atomic E-state index is -0.341. The second kappa shape index (κ2) is 4.91.